The highest BCUT2D eigenvalue weighted by atomic mass is 16.3. The molecule has 0 aliphatic carbocycles. The van der Waals surface area contributed by atoms with Crippen molar-refractivity contribution in [1.29, 1.82) is 0 Å². The fourth-order valence-electron chi connectivity index (χ4n) is 3.33. The van der Waals surface area contributed by atoms with Crippen LogP contribution in [0.1, 0.15) is 48.0 Å². The van der Waals surface area contributed by atoms with Gasteiger partial charge in [0.2, 0.25) is 0 Å². The smallest absolute Gasteiger partial charge is 0.287 e. The largest absolute Gasteiger partial charge is 0.459 e. The van der Waals surface area contributed by atoms with Crippen molar-refractivity contribution in [3.63, 3.8) is 0 Å². The zero-order valence-electron chi connectivity index (χ0n) is 13.7. The van der Waals surface area contributed by atoms with Crippen LogP contribution in [0.2, 0.25) is 0 Å². The van der Waals surface area contributed by atoms with E-state index in [-0.39, 0.29) is 11.9 Å². The molecule has 1 aliphatic rings. The lowest BCUT2D eigenvalue weighted by Crippen LogP contribution is -2.39. The number of carbonyl (C=O) groups is 1. The van der Waals surface area contributed by atoms with Crippen LogP contribution in [0, 0.1) is 0 Å². The molecule has 3 heterocycles. The maximum Gasteiger partial charge on any atom is 0.287 e. The van der Waals surface area contributed by atoms with Gasteiger partial charge in [-0.15, -0.1) is 0 Å². The average molecular weight is 315 g/mol. The number of hydrogen-bond donors (Lipinski definition) is 1. The molecule has 0 spiro atoms. The highest BCUT2D eigenvalue weighted by molar-refractivity contribution is 5.91. The Morgan fingerprint density at radius 3 is 2.61 bits per heavy atom. The van der Waals surface area contributed by atoms with E-state index in [1.54, 1.807) is 12.1 Å². The first-order valence-corrected chi connectivity index (χ1v) is 8.42. The predicted molar refractivity (Wildman–Crippen MR) is 89.2 cm³/mol. The van der Waals surface area contributed by atoms with Gasteiger partial charge < -0.3 is 14.3 Å². The van der Waals surface area contributed by atoms with Gasteiger partial charge in [-0.3, -0.25) is 9.69 Å². The highest BCUT2D eigenvalue weighted by Gasteiger charge is 2.24. The van der Waals surface area contributed by atoms with E-state index in [2.05, 4.69) is 40.2 Å². The first-order valence-electron chi connectivity index (χ1n) is 8.42. The topological polar surface area (TPSA) is 50.4 Å². The minimum Gasteiger partial charge on any atom is -0.459 e. The molecule has 1 atom stereocenters. The first-order chi connectivity index (χ1) is 11.3. The number of likely N-dealkylation sites (tertiary alicyclic amines) is 1. The van der Waals surface area contributed by atoms with Gasteiger partial charge in [0.05, 0.1) is 12.3 Å². The molecule has 1 aliphatic heterocycles. The summed E-state index contributed by atoms with van der Waals surface area (Å²) in [6.45, 7) is 2.77. The molecule has 3 rings (SSSR count). The molecule has 2 aromatic rings. The SMILES string of the molecule is Cn1cccc1C(CNC(=O)c1ccco1)N1CCCCCC1. The summed E-state index contributed by atoms with van der Waals surface area (Å²) in [5.74, 6) is 0.218. The van der Waals surface area contributed by atoms with Gasteiger partial charge in [0.15, 0.2) is 5.76 Å². The van der Waals surface area contributed by atoms with Crippen LogP contribution >= 0.6 is 0 Å². The second kappa shape index (κ2) is 7.51. The van der Waals surface area contributed by atoms with Crippen LogP contribution in [0.5, 0.6) is 0 Å². The van der Waals surface area contributed by atoms with E-state index >= 15 is 0 Å². The van der Waals surface area contributed by atoms with Crippen molar-refractivity contribution in [2.24, 2.45) is 7.05 Å². The van der Waals surface area contributed by atoms with Gasteiger partial charge in [0, 0.05) is 25.5 Å². The summed E-state index contributed by atoms with van der Waals surface area (Å²) in [5.41, 5.74) is 1.24. The molecule has 0 radical (unpaired) electrons. The molecule has 23 heavy (non-hydrogen) atoms. The molecular weight excluding hydrogens is 290 g/mol. The minimum atomic E-state index is -0.149. The Morgan fingerprint density at radius 1 is 1.22 bits per heavy atom. The molecule has 5 heteroatoms. The van der Waals surface area contributed by atoms with Crippen molar-refractivity contribution in [2.75, 3.05) is 19.6 Å². The molecule has 0 bridgehead atoms. The number of furan rings is 1. The Morgan fingerprint density at radius 2 is 2.00 bits per heavy atom. The van der Waals surface area contributed by atoms with Crippen LogP contribution in [-0.4, -0.2) is 35.0 Å². The number of hydrogen-bond acceptors (Lipinski definition) is 3. The Kier molecular flexibility index (Phi) is 5.18. The van der Waals surface area contributed by atoms with Crippen LogP contribution in [0.3, 0.4) is 0 Å². The first kappa shape index (κ1) is 15.9. The van der Waals surface area contributed by atoms with Crippen LogP contribution in [0.25, 0.3) is 0 Å². The molecule has 1 N–H and O–H groups in total. The monoisotopic (exact) mass is 315 g/mol. The van der Waals surface area contributed by atoms with E-state index in [1.807, 2.05) is 0 Å². The van der Waals surface area contributed by atoms with Crippen LogP contribution in [0.15, 0.2) is 41.1 Å². The third-order valence-corrected chi connectivity index (χ3v) is 4.61. The summed E-state index contributed by atoms with van der Waals surface area (Å²) in [7, 11) is 2.06. The second-order valence-corrected chi connectivity index (χ2v) is 6.20. The quantitative estimate of drug-likeness (QED) is 0.923. The van der Waals surface area contributed by atoms with Crippen molar-refractivity contribution < 1.29 is 9.21 Å². The normalized spacial score (nSPS) is 17.6. The van der Waals surface area contributed by atoms with Crippen LogP contribution < -0.4 is 5.32 Å². The van der Waals surface area contributed by atoms with E-state index < -0.39 is 0 Å². The molecule has 0 saturated carbocycles. The Hall–Kier alpha value is -2.01. The van der Waals surface area contributed by atoms with E-state index in [9.17, 15) is 4.79 Å². The fraction of sp³-hybridized carbons (Fsp3) is 0.500. The Labute approximate surface area is 137 Å². The second-order valence-electron chi connectivity index (χ2n) is 6.20. The van der Waals surface area contributed by atoms with Crippen molar-refractivity contribution in [3.8, 4) is 0 Å². The van der Waals surface area contributed by atoms with Gasteiger partial charge >= 0.3 is 0 Å². The number of aryl methyl sites for hydroxylation is 1. The Bertz CT molecular complexity index is 610. The molecule has 1 saturated heterocycles. The van der Waals surface area contributed by atoms with Crippen LogP contribution in [0.4, 0.5) is 0 Å². The number of rotatable bonds is 5. The zero-order valence-corrected chi connectivity index (χ0v) is 13.7. The highest BCUT2D eigenvalue weighted by Crippen LogP contribution is 2.24. The van der Waals surface area contributed by atoms with Gasteiger partial charge in [-0.25, -0.2) is 0 Å². The van der Waals surface area contributed by atoms with Gasteiger partial charge in [0.25, 0.3) is 5.91 Å². The number of carbonyl (C=O) groups excluding carboxylic acids is 1. The van der Waals surface area contributed by atoms with E-state index in [4.69, 9.17) is 4.42 Å². The number of amides is 1. The van der Waals surface area contributed by atoms with E-state index in [1.165, 1.54) is 37.6 Å². The summed E-state index contributed by atoms with van der Waals surface area (Å²) in [4.78, 5) is 14.7. The van der Waals surface area contributed by atoms with Crippen molar-refractivity contribution >= 4 is 5.91 Å². The molecule has 1 unspecified atom stereocenters. The molecule has 2 aromatic heterocycles. The third kappa shape index (κ3) is 3.85. The third-order valence-electron chi connectivity index (χ3n) is 4.61. The summed E-state index contributed by atoms with van der Waals surface area (Å²) in [5, 5.41) is 3.03. The summed E-state index contributed by atoms with van der Waals surface area (Å²) >= 11 is 0. The summed E-state index contributed by atoms with van der Waals surface area (Å²) in [6.07, 6.45) is 8.65. The van der Waals surface area contributed by atoms with Crippen molar-refractivity contribution in [2.45, 2.75) is 31.7 Å². The maximum absolute atomic E-state index is 12.2. The number of aromatic nitrogens is 1. The molecule has 1 fully saturated rings. The number of nitrogens with zero attached hydrogens (tertiary/aromatic N) is 2. The Balaban J connectivity index is 1.72. The zero-order chi connectivity index (χ0) is 16.1. The lowest BCUT2D eigenvalue weighted by Gasteiger charge is -2.31. The van der Waals surface area contributed by atoms with Crippen molar-refractivity contribution in [1.82, 2.24) is 14.8 Å². The molecule has 5 nitrogen and oxygen atoms in total. The van der Waals surface area contributed by atoms with E-state index in [0.29, 0.717) is 12.3 Å². The molecular formula is C18H25N3O2. The van der Waals surface area contributed by atoms with Crippen LogP contribution in [-0.2, 0) is 7.05 Å². The lowest BCUT2D eigenvalue weighted by molar-refractivity contribution is 0.0904. The predicted octanol–water partition coefficient (Wildman–Crippen LogP) is 2.97. The average Bonchev–Trinajstić information content (AvgIpc) is 3.15. The van der Waals surface area contributed by atoms with Gasteiger partial charge in [-0.2, -0.15) is 0 Å². The number of nitrogens with one attached hydrogen (secondary N) is 1. The van der Waals surface area contributed by atoms with Gasteiger partial charge in [-0.05, 0) is 50.2 Å². The minimum absolute atomic E-state index is 0.149. The van der Waals surface area contributed by atoms with Gasteiger partial charge in [-0.1, -0.05) is 12.8 Å². The summed E-state index contributed by atoms with van der Waals surface area (Å²) < 4.78 is 7.32. The van der Waals surface area contributed by atoms with Crippen molar-refractivity contribution in [3.05, 3.63) is 48.2 Å². The molecule has 124 valence electrons. The molecule has 0 aromatic carbocycles. The molecule has 1 amide bonds. The van der Waals surface area contributed by atoms with E-state index in [0.717, 1.165) is 13.1 Å². The lowest BCUT2D eigenvalue weighted by atomic mass is 10.1. The standard InChI is InChI=1S/C18H25N3O2/c1-20-10-6-8-15(20)16(21-11-4-2-3-5-12-21)14-19-18(22)17-9-7-13-23-17/h6-10,13,16H,2-5,11-12,14H2,1H3,(H,19,22). The maximum atomic E-state index is 12.2. The van der Waals surface area contributed by atoms with Gasteiger partial charge in [0.1, 0.15) is 0 Å². The fourth-order valence-corrected chi connectivity index (χ4v) is 3.33. The summed E-state index contributed by atoms with van der Waals surface area (Å²) in [6, 6.07) is 7.84.